The van der Waals surface area contributed by atoms with Gasteiger partial charge in [-0.05, 0) is 18.6 Å². The lowest BCUT2D eigenvalue weighted by Crippen LogP contribution is -2.23. The van der Waals surface area contributed by atoms with Gasteiger partial charge < -0.3 is 15.2 Å². The van der Waals surface area contributed by atoms with Gasteiger partial charge in [-0.25, -0.2) is 0 Å². The number of methoxy groups -OCH3 is 1. The summed E-state index contributed by atoms with van der Waals surface area (Å²) in [5, 5.41) is 0. The van der Waals surface area contributed by atoms with Crippen LogP contribution in [0.3, 0.4) is 0 Å². The zero-order valence-electron chi connectivity index (χ0n) is 9.60. The molecule has 1 rings (SSSR count). The molecule has 0 aromatic heterocycles. The van der Waals surface area contributed by atoms with Crippen LogP contribution in [0.5, 0.6) is 11.5 Å². The Morgan fingerprint density at radius 2 is 2.00 bits per heavy atom. The minimum Gasteiger partial charge on any atom is -0.493 e. The van der Waals surface area contributed by atoms with E-state index < -0.39 is 0 Å². The summed E-state index contributed by atoms with van der Waals surface area (Å²) in [5.41, 5.74) is 5.51. The van der Waals surface area contributed by atoms with Crippen LogP contribution >= 0.6 is 12.2 Å². The molecule has 0 aliphatic heterocycles. The first-order valence-electron chi connectivity index (χ1n) is 5.25. The summed E-state index contributed by atoms with van der Waals surface area (Å²) >= 11 is 4.88. The predicted molar refractivity (Wildman–Crippen MR) is 69.1 cm³/mol. The van der Waals surface area contributed by atoms with Gasteiger partial charge in [0, 0.05) is 6.42 Å². The molecular weight excluding hydrogens is 222 g/mol. The molecule has 2 N–H and O–H groups in total. The number of para-hydroxylation sites is 2. The molecule has 0 spiro atoms. The highest BCUT2D eigenvalue weighted by molar-refractivity contribution is 7.80. The van der Waals surface area contributed by atoms with Crippen molar-refractivity contribution in [2.45, 2.75) is 25.9 Å². The van der Waals surface area contributed by atoms with E-state index >= 15 is 0 Å². The van der Waals surface area contributed by atoms with Gasteiger partial charge in [0.15, 0.2) is 11.5 Å². The Balaban J connectivity index is 2.73. The summed E-state index contributed by atoms with van der Waals surface area (Å²) in [6.07, 6.45) is 1.45. The maximum absolute atomic E-state index is 5.80. The molecule has 0 saturated heterocycles. The molecule has 0 heterocycles. The minimum atomic E-state index is 0.00815. The normalized spacial score (nSPS) is 11.9. The highest BCUT2D eigenvalue weighted by Gasteiger charge is 2.12. The molecular formula is C12H17NO2S. The van der Waals surface area contributed by atoms with E-state index in [-0.39, 0.29) is 6.10 Å². The summed E-state index contributed by atoms with van der Waals surface area (Å²) in [7, 11) is 1.62. The third-order valence-corrected chi connectivity index (χ3v) is 2.41. The van der Waals surface area contributed by atoms with Crippen LogP contribution in [0.1, 0.15) is 19.8 Å². The van der Waals surface area contributed by atoms with Crippen LogP contribution < -0.4 is 15.2 Å². The van der Waals surface area contributed by atoms with Gasteiger partial charge in [-0.1, -0.05) is 31.3 Å². The second-order valence-electron chi connectivity index (χ2n) is 3.47. The average molecular weight is 239 g/mol. The topological polar surface area (TPSA) is 44.5 Å². The van der Waals surface area contributed by atoms with Gasteiger partial charge in [0.2, 0.25) is 0 Å². The second kappa shape index (κ2) is 6.33. The van der Waals surface area contributed by atoms with Crippen LogP contribution in [0.2, 0.25) is 0 Å². The maximum Gasteiger partial charge on any atom is 0.161 e. The molecule has 4 heteroatoms. The molecule has 0 amide bonds. The van der Waals surface area contributed by atoms with E-state index in [1.807, 2.05) is 31.2 Å². The monoisotopic (exact) mass is 239 g/mol. The predicted octanol–water partition coefficient (Wildman–Crippen LogP) is 2.53. The van der Waals surface area contributed by atoms with Crippen molar-refractivity contribution in [2.75, 3.05) is 7.11 Å². The van der Waals surface area contributed by atoms with Crippen molar-refractivity contribution < 1.29 is 9.47 Å². The summed E-state index contributed by atoms with van der Waals surface area (Å²) in [4.78, 5) is 0.474. The molecule has 1 aromatic carbocycles. The molecule has 0 saturated carbocycles. The smallest absolute Gasteiger partial charge is 0.161 e. The van der Waals surface area contributed by atoms with Crippen LogP contribution in [0.25, 0.3) is 0 Å². The highest BCUT2D eigenvalue weighted by Crippen LogP contribution is 2.27. The molecule has 0 radical (unpaired) electrons. The first-order chi connectivity index (χ1) is 7.67. The first kappa shape index (κ1) is 12.8. The molecule has 1 unspecified atom stereocenters. The van der Waals surface area contributed by atoms with E-state index in [1.165, 1.54) is 0 Å². The first-order valence-corrected chi connectivity index (χ1v) is 5.66. The molecule has 1 aromatic rings. The molecule has 0 fully saturated rings. The largest absolute Gasteiger partial charge is 0.493 e. The Morgan fingerprint density at radius 1 is 1.38 bits per heavy atom. The molecule has 0 bridgehead atoms. The molecule has 0 aliphatic carbocycles. The summed E-state index contributed by atoms with van der Waals surface area (Å²) in [5.74, 6) is 1.46. The number of nitrogens with two attached hydrogens (primary N) is 1. The Hall–Kier alpha value is -1.29. The Bertz CT molecular complexity index is 355. The van der Waals surface area contributed by atoms with Crippen LogP contribution in [-0.2, 0) is 0 Å². The van der Waals surface area contributed by atoms with E-state index in [0.717, 1.165) is 17.9 Å². The fourth-order valence-corrected chi connectivity index (χ4v) is 1.58. The number of benzene rings is 1. The zero-order valence-corrected chi connectivity index (χ0v) is 10.4. The van der Waals surface area contributed by atoms with Gasteiger partial charge in [0.25, 0.3) is 0 Å². The van der Waals surface area contributed by atoms with Gasteiger partial charge in [-0.3, -0.25) is 0 Å². The van der Waals surface area contributed by atoms with E-state index in [0.29, 0.717) is 11.4 Å². The van der Waals surface area contributed by atoms with Gasteiger partial charge in [0.05, 0.1) is 12.1 Å². The lowest BCUT2D eigenvalue weighted by atomic mass is 10.2. The van der Waals surface area contributed by atoms with Crippen molar-refractivity contribution in [3.8, 4) is 11.5 Å². The highest BCUT2D eigenvalue weighted by atomic mass is 32.1. The summed E-state index contributed by atoms with van der Waals surface area (Å²) in [6, 6.07) is 7.55. The van der Waals surface area contributed by atoms with Gasteiger partial charge in [0.1, 0.15) is 6.10 Å². The molecule has 3 nitrogen and oxygen atoms in total. The van der Waals surface area contributed by atoms with Crippen molar-refractivity contribution in [1.29, 1.82) is 0 Å². The van der Waals surface area contributed by atoms with Crippen molar-refractivity contribution in [3.05, 3.63) is 24.3 Å². The third kappa shape index (κ3) is 3.70. The zero-order chi connectivity index (χ0) is 12.0. The Kier molecular flexibility index (Phi) is 5.05. The lowest BCUT2D eigenvalue weighted by molar-refractivity contribution is 0.196. The summed E-state index contributed by atoms with van der Waals surface area (Å²) < 4.78 is 11.0. The molecule has 16 heavy (non-hydrogen) atoms. The standard InChI is InChI=1S/C12H17NO2S/c1-3-9(8-12(13)16)15-11-7-5-4-6-10(11)14-2/h4-7,9H,3,8H2,1-2H3,(H2,13,16). The molecule has 0 aliphatic rings. The van der Waals surface area contributed by atoms with E-state index in [4.69, 9.17) is 27.4 Å². The quantitative estimate of drug-likeness (QED) is 0.775. The molecule has 1 atom stereocenters. The SMILES string of the molecule is CCC(CC(N)=S)Oc1ccccc1OC. The fourth-order valence-electron chi connectivity index (χ4n) is 1.39. The second-order valence-corrected chi connectivity index (χ2v) is 3.99. The Labute approximate surface area is 102 Å². The van der Waals surface area contributed by atoms with Gasteiger partial charge >= 0.3 is 0 Å². The number of hydrogen-bond acceptors (Lipinski definition) is 3. The molecule has 88 valence electrons. The van der Waals surface area contributed by atoms with Gasteiger partial charge in [-0.15, -0.1) is 0 Å². The minimum absolute atomic E-state index is 0.00815. The van der Waals surface area contributed by atoms with Crippen molar-refractivity contribution in [3.63, 3.8) is 0 Å². The van der Waals surface area contributed by atoms with Gasteiger partial charge in [-0.2, -0.15) is 0 Å². The van der Waals surface area contributed by atoms with Crippen molar-refractivity contribution in [1.82, 2.24) is 0 Å². The summed E-state index contributed by atoms with van der Waals surface area (Å²) in [6.45, 7) is 2.04. The average Bonchev–Trinajstić information content (AvgIpc) is 2.28. The number of thiocarbonyl (C=S) groups is 1. The Morgan fingerprint density at radius 3 is 2.50 bits per heavy atom. The number of rotatable bonds is 6. The van der Waals surface area contributed by atoms with Crippen molar-refractivity contribution in [2.24, 2.45) is 5.73 Å². The third-order valence-electron chi connectivity index (χ3n) is 2.25. The fraction of sp³-hybridized carbons (Fsp3) is 0.417. The van der Waals surface area contributed by atoms with Crippen molar-refractivity contribution >= 4 is 17.2 Å². The maximum atomic E-state index is 5.80. The number of ether oxygens (including phenoxy) is 2. The van der Waals surface area contributed by atoms with E-state index in [1.54, 1.807) is 7.11 Å². The van der Waals surface area contributed by atoms with Crippen LogP contribution in [0.15, 0.2) is 24.3 Å². The van der Waals surface area contributed by atoms with Crippen LogP contribution in [-0.4, -0.2) is 18.2 Å². The lowest BCUT2D eigenvalue weighted by Gasteiger charge is -2.18. The number of hydrogen-bond donors (Lipinski definition) is 1. The van der Waals surface area contributed by atoms with Crippen LogP contribution in [0.4, 0.5) is 0 Å². The van der Waals surface area contributed by atoms with E-state index in [9.17, 15) is 0 Å². The van der Waals surface area contributed by atoms with E-state index in [2.05, 4.69) is 0 Å². The van der Waals surface area contributed by atoms with Crippen LogP contribution in [0, 0.1) is 0 Å².